The number of hydrogen-bond acceptors (Lipinski definition) is 3. The number of H-pyrrole nitrogens is 1. The predicted octanol–water partition coefficient (Wildman–Crippen LogP) is 0.00500. The van der Waals surface area contributed by atoms with Gasteiger partial charge in [-0.05, 0) is 19.4 Å². The summed E-state index contributed by atoms with van der Waals surface area (Å²) in [5.74, 6) is -0.0912. The lowest BCUT2D eigenvalue weighted by molar-refractivity contribution is 0.0720. The summed E-state index contributed by atoms with van der Waals surface area (Å²) in [6.45, 7) is 2.35. The standard InChI is InChI=1S/C9H13N3O2/c1-6-4-7(13)5-12(6)9(14)8-2-3-10-11-8/h2-3,6-7,13H,4-5H2,1H3,(H,10,11)/t6-,7-/m1/s1. The average molecular weight is 195 g/mol. The molecule has 0 spiro atoms. The Kier molecular flexibility index (Phi) is 2.25. The van der Waals surface area contributed by atoms with Crippen molar-refractivity contribution in [1.29, 1.82) is 0 Å². The van der Waals surface area contributed by atoms with Gasteiger partial charge in [0.25, 0.3) is 5.91 Å². The van der Waals surface area contributed by atoms with E-state index in [4.69, 9.17) is 0 Å². The summed E-state index contributed by atoms with van der Waals surface area (Å²) in [5, 5.41) is 15.7. The number of amides is 1. The second-order valence-electron chi connectivity index (χ2n) is 3.67. The number of likely N-dealkylation sites (tertiary alicyclic amines) is 1. The van der Waals surface area contributed by atoms with Crippen LogP contribution in [-0.4, -0.2) is 44.8 Å². The van der Waals surface area contributed by atoms with Crippen molar-refractivity contribution in [3.63, 3.8) is 0 Å². The Labute approximate surface area is 81.7 Å². The summed E-state index contributed by atoms with van der Waals surface area (Å²) in [6, 6.07) is 1.74. The Bertz CT molecular complexity index is 323. The topological polar surface area (TPSA) is 69.2 Å². The molecule has 2 N–H and O–H groups in total. The maximum atomic E-state index is 11.8. The first-order valence-corrected chi connectivity index (χ1v) is 4.67. The van der Waals surface area contributed by atoms with Crippen molar-refractivity contribution >= 4 is 5.91 Å². The quantitative estimate of drug-likeness (QED) is 0.663. The second-order valence-corrected chi connectivity index (χ2v) is 3.67. The highest BCUT2D eigenvalue weighted by molar-refractivity contribution is 5.92. The van der Waals surface area contributed by atoms with E-state index in [9.17, 15) is 9.90 Å². The number of rotatable bonds is 1. The Hall–Kier alpha value is -1.36. The molecule has 2 rings (SSSR count). The molecular formula is C9H13N3O2. The van der Waals surface area contributed by atoms with Gasteiger partial charge in [-0.15, -0.1) is 0 Å². The SMILES string of the molecule is C[C@@H]1C[C@@H](O)CN1C(=O)c1ccn[nH]1. The van der Waals surface area contributed by atoms with Gasteiger partial charge in [0.2, 0.25) is 0 Å². The van der Waals surface area contributed by atoms with E-state index in [1.165, 1.54) is 0 Å². The average Bonchev–Trinajstić information content (AvgIpc) is 2.73. The van der Waals surface area contributed by atoms with Crippen molar-refractivity contribution in [3.05, 3.63) is 18.0 Å². The highest BCUT2D eigenvalue weighted by Gasteiger charge is 2.32. The number of nitrogens with zero attached hydrogens (tertiary/aromatic N) is 2. The lowest BCUT2D eigenvalue weighted by Crippen LogP contribution is -2.34. The fraction of sp³-hybridized carbons (Fsp3) is 0.556. The van der Waals surface area contributed by atoms with Crippen molar-refractivity contribution in [2.75, 3.05) is 6.54 Å². The van der Waals surface area contributed by atoms with Crippen LogP contribution < -0.4 is 0 Å². The molecule has 1 saturated heterocycles. The van der Waals surface area contributed by atoms with E-state index in [1.54, 1.807) is 17.2 Å². The molecule has 0 aliphatic carbocycles. The minimum Gasteiger partial charge on any atom is -0.391 e. The van der Waals surface area contributed by atoms with Gasteiger partial charge in [0.1, 0.15) is 5.69 Å². The molecule has 0 saturated carbocycles. The van der Waals surface area contributed by atoms with Crippen molar-refractivity contribution < 1.29 is 9.90 Å². The molecule has 1 aliphatic heterocycles. The Morgan fingerprint density at radius 2 is 2.57 bits per heavy atom. The maximum Gasteiger partial charge on any atom is 0.272 e. The van der Waals surface area contributed by atoms with Gasteiger partial charge >= 0.3 is 0 Å². The smallest absolute Gasteiger partial charge is 0.272 e. The Balaban J connectivity index is 2.13. The molecular weight excluding hydrogens is 182 g/mol. The van der Waals surface area contributed by atoms with Crippen molar-refractivity contribution in [2.24, 2.45) is 0 Å². The molecule has 0 aromatic carbocycles. The number of nitrogens with one attached hydrogen (secondary N) is 1. The van der Waals surface area contributed by atoms with E-state index in [0.29, 0.717) is 18.7 Å². The normalized spacial score (nSPS) is 26.9. The van der Waals surface area contributed by atoms with Gasteiger partial charge < -0.3 is 10.0 Å². The summed E-state index contributed by atoms with van der Waals surface area (Å²) in [7, 11) is 0. The van der Waals surface area contributed by atoms with Gasteiger partial charge in [0, 0.05) is 18.8 Å². The van der Waals surface area contributed by atoms with E-state index < -0.39 is 6.10 Å². The summed E-state index contributed by atoms with van der Waals surface area (Å²) < 4.78 is 0. The molecule has 1 aromatic heterocycles. The number of carbonyl (C=O) groups excluding carboxylic acids is 1. The van der Waals surface area contributed by atoms with Crippen LogP contribution in [0.2, 0.25) is 0 Å². The van der Waals surface area contributed by atoms with Gasteiger partial charge in [-0.1, -0.05) is 0 Å². The summed E-state index contributed by atoms with van der Waals surface area (Å²) in [4.78, 5) is 13.5. The zero-order valence-electron chi connectivity index (χ0n) is 7.97. The van der Waals surface area contributed by atoms with Crippen LogP contribution in [0.3, 0.4) is 0 Å². The molecule has 1 amide bonds. The number of aromatic nitrogens is 2. The van der Waals surface area contributed by atoms with Crippen LogP contribution in [0.15, 0.2) is 12.3 Å². The largest absolute Gasteiger partial charge is 0.391 e. The van der Waals surface area contributed by atoms with Crippen molar-refractivity contribution in [3.8, 4) is 0 Å². The fourth-order valence-electron chi connectivity index (χ4n) is 1.82. The van der Waals surface area contributed by atoms with Crippen LogP contribution in [0, 0.1) is 0 Å². The van der Waals surface area contributed by atoms with Gasteiger partial charge in [0.05, 0.1) is 6.10 Å². The molecule has 1 fully saturated rings. The van der Waals surface area contributed by atoms with Crippen LogP contribution >= 0.6 is 0 Å². The monoisotopic (exact) mass is 195 g/mol. The highest BCUT2D eigenvalue weighted by Crippen LogP contribution is 2.19. The van der Waals surface area contributed by atoms with E-state index in [2.05, 4.69) is 10.2 Å². The minimum atomic E-state index is -0.392. The second kappa shape index (κ2) is 3.42. The van der Waals surface area contributed by atoms with Gasteiger partial charge in [-0.25, -0.2) is 0 Å². The summed E-state index contributed by atoms with van der Waals surface area (Å²) in [6.07, 6.45) is 1.81. The highest BCUT2D eigenvalue weighted by atomic mass is 16.3. The van der Waals surface area contributed by atoms with E-state index >= 15 is 0 Å². The van der Waals surface area contributed by atoms with Gasteiger partial charge in [-0.3, -0.25) is 9.89 Å². The molecule has 0 bridgehead atoms. The molecule has 0 radical (unpaired) electrons. The van der Waals surface area contributed by atoms with Crippen LogP contribution in [-0.2, 0) is 0 Å². The zero-order valence-corrected chi connectivity index (χ0v) is 7.97. The molecule has 2 atom stereocenters. The van der Waals surface area contributed by atoms with Crippen molar-refractivity contribution in [2.45, 2.75) is 25.5 Å². The van der Waals surface area contributed by atoms with E-state index in [-0.39, 0.29) is 11.9 Å². The van der Waals surface area contributed by atoms with Gasteiger partial charge in [-0.2, -0.15) is 5.10 Å². The third-order valence-electron chi connectivity index (χ3n) is 2.54. The number of aliphatic hydroxyl groups excluding tert-OH is 1. The first kappa shape index (κ1) is 9.21. The Morgan fingerprint density at radius 3 is 3.07 bits per heavy atom. The molecule has 1 aromatic rings. The van der Waals surface area contributed by atoms with Crippen LogP contribution in [0.25, 0.3) is 0 Å². The molecule has 0 unspecified atom stereocenters. The molecule has 14 heavy (non-hydrogen) atoms. The number of aromatic amines is 1. The number of aliphatic hydroxyl groups is 1. The lowest BCUT2D eigenvalue weighted by Gasteiger charge is -2.19. The third-order valence-corrected chi connectivity index (χ3v) is 2.54. The van der Waals surface area contributed by atoms with E-state index in [1.807, 2.05) is 6.92 Å². The summed E-state index contributed by atoms with van der Waals surface area (Å²) >= 11 is 0. The fourth-order valence-corrected chi connectivity index (χ4v) is 1.82. The zero-order chi connectivity index (χ0) is 10.1. The minimum absolute atomic E-state index is 0.0912. The van der Waals surface area contributed by atoms with Crippen LogP contribution in [0.1, 0.15) is 23.8 Å². The molecule has 76 valence electrons. The number of hydrogen-bond donors (Lipinski definition) is 2. The first-order chi connectivity index (χ1) is 6.68. The number of carbonyl (C=O) groups is 1. The molecule has 5 nitrogen and oxygen atoms in total. The molecule has 1 aliphatic rings. The molecule has 2 heterocycles. The predicted molar refractivity (Wildman–Crippen MR) is 49.7 cm³/mol. The maximum absolute atomic E-state index is 11.8. The summed E-state index contributed by atoms with van der Waals surface area (Å²) in [5.41, 5.74) is 0.478. The lowest BCUT2D eigenvalue weighted by atomic mass is 10.2. The van der Waals surface area contributed by atoms with Crippen LogP contribution in [0.4, 0.5) is 0 Å². The van der Waals surface area contributed by atoms with Crippen LogP contribution in [0.5, 0.6) is 0 Å². The van der Waals surface area contributed by atoms with E-state index in [0.717, 1.165) is 0 Å². The Morgan fingerprint density at radius 1 is 1.79 bits per heavy atom. The number of β-amino-alcohol motifs (C(OH)–C–C–N with tert-alkyl or cyclic N) is 1. The van der Waals surface area contributed by atoms with Crippen molar-refractivity contribution in [1.82, 2.24) is 15.1 Å². The van der Waals surface area contributed by atoms with Gasteiger partial charge in [0.15, 0.2) is 0 Å². The first-order valence-electron chi connectivity index (χ1n) is 4.67. The molecule has 5 heteroatoms. The third kappa shape index (κ3) is 1.50.